The summed E-state index contributed by atoms with van der Waals surface area (Å²) in [5.74, 6) is 0.0757. The zero-order chi connectivity index (χ0) is 15.6. The van der Waals surface area contributed by atoms with Crippen LogP contribution in [0, 0.1) is 17.0 Å². The van der Waals surface area contributed by atoms with E-state index in [-0.39, 0.29) is 11.5 Å². The number of nitrogens with one attached hydrogen (secondary N) is 1. The first-order valence-corrected chi connectivity index (χ1v) is 7.29. The Morgan fingerprint density at radius 1 is 1.24 bits per heavy atom. The number of aromatic nitrogens is 1. The molecule has 110 valence electrons. The maximum atomic E-state index is 12.3. The summed E-state index contributed by atoms with van der Waals surface area (Å²) in [4.78, 5) is 13.7. The van der Waals surface area contributed by atoms with Crippen LogP contribution in [-0.4, -0.2) is 18.3 Å². The molecular formula is C12H12N4O4S. The number of para-hydroxylation sites is 1. The first-order valence-electron chi connectivity index (χ1n) is 5.80. The van der Waals surface area contributed by atoms with Crippen LogP contribution in [0.25, 0.3) is 0 Å². The highest BCUT2D eigenvalue weighted by Crippen LogP contribution is 2.30. The van der Waals surface area contributed by atoms with E-state index < -0.39 is 25.5 Å². The van der Waals surface area contributed by atoms with Gasteiger partial charge in [-0.25, -0.2) is 13.4 Å². The van der Waals surface area contributed by atoms with Crippen LogP contribution < -0.4 is 10.5 Å². The van der Waals surface area contributed by atoms with Gasteiger partial charge in [-0.1, -0.05) is 12.1 Å². The minimum absolute atomic E-state index is 0.0757. The molecule has 0 spiro atoms. The lowest BCUT2D eigenvalue weighted by atomic mass is 10.3. The van der Waals surface area contributed by atoms with Gasteiger partial charge in [0.05, 0.1) is 4.92 Å². The van der Waals surface area contributed by atoms with Crippen molar-refractivity contribution in [1.82, 2.24) is 4.98 Å². The van der Waals surface area contributed by atoms with Crippen LogP contribution in [0.1, 0.15) is 5.69 Å². The lowest BCUT2D eigenvalue weighted by Gasteiger charge is -2.09. The SMILES string of the molecule is Cc1cccc(NS(=O)(=O)c2cccc(N)c2[N+](=O)[O-])n1. The van der Waals surface area contributed by atoms with Gasteiger partial charge in [-0.15, -0.1) is 0 Å². The number of hydrogen-bond donors (Lipinski definition) is 2. The number of nitrogen functional groups attached to an aromatic ring is 1. The van der Waals surface area contributed by atoms with E-state index in [2.05, 4.69) is 9.71 Å². The molecule has 21 heavy (non-hydrogen) atoms. The van der Waals surface area contributed by atoms with Crippen molar-refractivity contribution in [3.05, 3.63) is 52.2 Å². The molecule has 8 nitrogen and oxygen atoms in total. The summed E-state index contributed by atoms with van der Waals surface area (Å²) < 4.78 is 26.8. The van der Waals surface area contributed by atoms with Crippen LogP contribution in [0.2, 0.25) is 0 Å². The third-order valence-corrected chi connectivity index (χ3v) is 4.02. The molecule has 0 atom stereocenters. The number of nitrogens with zero attached hydrogens (tertiary/aromatic N) is 2. The number of nitro benzene ring substituents is 1. The fraction of sp³-hybridized carbons (Fsp3) is 0.0833. The Kier molecular flexibility index (Phi) is 3.76. The molecule has 2 rings (SSSR count). The minimum Gasteiger partial charge on any atom is -0.393 e. The summed E-state index contributed by atoms with van der Waals surface area (Å²) in [6.07, 6.45) is 0. The van der Waals surface area contributed by atoms with Gasteiger partial charge in [0.15, 0.2) is 4.90 Å². The van der Waals surface area contributed by atoms with E-state index in [4.69, 9.17) is 5.73 Å². The quantitative estimate of drug-likeness (QED) is 0.502. The number of anilines is 2. The molecule has 0 aliphatic rings. The molecule has 0 fully saturated rings. The summed E-state index contributed by atoms with van der Waals surface area (Å²) in [5, 5.41) is 11.0. The first-order chi connectivity index (χ1) is 9.81. The highest BCUT2D eigenvalue weighted by atomic mass is 32.2. The first kappa shape index (κ1) is 14.7. The van der Waals surface area contributed by atoms with Gasteiger partial charge in [0.2, 0.25) is 0 Å². The average Bonchev–Trinajstić information content (AvgIpc) is 2.37. The predicted octanol–water partition coefficient (Wildman–Crippen LogP) is 1.68. The van der Waals surface area contributed by atoms with Crippen LogP contribution >= 0.6 is 0 Å². The smallest absolute Gasteiger partial charge is 0.312 e. The molecule has 0 aliphatic carbocycles. The van der Waals surface area contributed by atoms with Crippen molar-refractivity contribution in [2.45, 2.75) is 11.8 Å². The van der Waals surface area contributed by atoms with Crippen molar-refractivity contribution in [2.24, 2.45) is 0 Å². The van der Waals surface area contributed by atoms with Gasteiger partial charge >= 0.3 is 5.69 Å². The van der Waals surface area contributed by atoms with E-state index in [9.17, 15) is 18.5 Å². The van der Waals surface area contributed by atoms with Crippen molar-refractivity contribution in [3.63, 3.8) is 0 Å². The standard InChI is InChI=1S/C12H12N4O4S/c1-8-4-2-7-11(14-8)15-21(19,20)10-6-3-5-9(13)12(10)16(17)18/h2-7H,13H2,1H3,(H,14,15). The van der Waals surface area contributed by atoms with Gasteiger partial charge in [-0.3, -0.25) is 14.8 Å². The molecular weight excluding hydrogens is 296 g/mol. The summed E-state index contributed by atoms with van der Waals surface area (Å²) >= 11 is 0. The van der Waals surface area contributed by atoms with E-state index in [0.717, 1.165) is 6.07 Å². The third kappa shape index (κ3) is 3.08. The van der Waals surface area contributed by atoms with Crippen LogP contribution in [0.3, 0.4) is 0 Å². The topological polar surface area (TPSA) is 128 Å². The van der Waals surface area contributed by atoms with Gasteiger partial charge in [-0.2, -0.15) is 0 Å². The third-order valence-electron chi connectivity index (χ3n) is 2.63. The van der Waals surface area contributed by atoms with Gasteiger partial charge < -0.3 is 5.73 Å². The summed E-state index contributed by atoms with van der Waals surface area (Å²) in [6.45, 7) is 1.70. The van der Waals surface area contributed by atoms with Crippen LogP contribution in [-0.2, 0) is 10.0 Å². The number of benzene rings is 1. The fourth-order valence-corrected chi connectivity index (χ4v) is 2.95. The second kappa shape index (κ2) is 5.37. The Bertz CT molecular complexity index is 805. The fourth-order valence-electron chi connectivity index (χ4n) is 1.74. The van der Waals surface area contributed by atoms with Gasteiger partial charge in [0, 0.05) is 5.69 Å². The maximum absolute atomic E-state index is 12.3. The second-order valence-corrected chi connectivity index (χ2v) is 5.87. The van der Waals surface area contributed by atoms with Crippen molar-refractivity contribution in [1.29, 1.82) is 0 Å². The van der Waals surface area contributed by atoms with Crippen LogP contribution in [0.5, 0.6) is 0 Å². The molecule has 0 saturated heterocycles. The van der Waals surface area contributed by atoms with Gasteiger partial charge in [0.25, 0.3) is 10.0 Å². The average molecular weight is 308 g/mol. The molecule has 0 amide bonds. The Labute approximate surface area is 120 Å². The highest BCUT2D eigenvalue weighted by Gasteiger charge is 2.28. The van der Waals surface area contributed by atoms with E-state index in [1.54, 1.807) is 19.1 Å². The number of nitrogens with two attached hydrogens (primary N) is 1. The van der Waals surface area contributed by atoms with E-state index in [1.165, 1.54) is 18.2 Å². The van der Waals surface area contributed by atoms with E-state index >= 15 is 0 Å². The van der Waals surface area contributed by atoms with Crippen LogP contribution in [0.4, 0.5) is 17.2 Å². The molecule has 9 heteroatoms. The largest absolute Gasteiger partial charge is 0.393 e. The number of pyridine rings is 1. The van der Waals surface area contributed by atoms with Gasteiger partial charge in [0.1, 0.15) is 11.5 Å². The number of aryl methyl sites for hydroxylation is 1. The summed E-state index contributed by atoms with van der Waals surface area (Å²) in [6, 6.07) is 8.48. The Morgan fingerprint density at radius 2 is 1.90 bits per heavy atom. The molecule has 0 bridgehead atoms. The highest BCUT2D eigenvalue weighted by molar-refractivity contribution is 7.92. The Balaban J connectivity index is 2.50. The van der Waals surface area contributed by atoms with Crippen molar-refractivity contribution in [2.75, 3.05) is 10.5 Å². The summed E-state index contributed by atoms with van der Waals surface area (Å²) in [7, 11) is -4.16. The molecule has 0 radical (unpaired) electrons. The minimum atomic E-state index is -4.16. The molecule has 0 unspecified atom stereocenters. The number of hydrogen-bond acceptors (Lipinski definition) is 6. The number of rotatable bonds is 4. The zero-order valence-electron chi connectivity index (χ0n) is 11.0. The molecule has 0 saturated carbocycles. The molecule has 0 aliphatic heterocycles. The predicted molar refractivity (Wildman–Crippen MR) is 77.3 cm³/mol. The Morgan fingerprint density at radius 3 is 2.52 bits per heavy atom. The number of sulfonamides is 1. The molecule has 1 aromatic carbocycles. The zero-order valence-corrected chi connectivity index (χ0v) is 11.8. The van der Waals surface area contributed by atoms with Gasteiger partial charge in [-0.05, 0) is 31.2 Å². The maximum Gasteiger partial charge on any atom is 0.312 e. The van der Waals surface area contributed by atoms with Crippen molar-refractivity contribution < 1.29 is 13.3 Å². The molecule has 1 heterocycles. The number of nitro groups is 1. The Hall–Kier alpha value is -2.68. The van der Waals surface area contributed by atoms with Crippen molar-refractivity contribution >= 4 is 27.2 Å². The lowest BCUT2D eigenvalue weighted by Crippen LogP contribution is -2.16. The molecule has 3 N–H and O–H groups in total. The monoisotopic (exact) mass is 308 g/mol. The lowest BCUT2D eigenvalue weighted by molar-refractivity contribution is -0.386. The second-order valence-electron chi connectivity index (χ2n) is 4.22. The van der Waals surface area contributed by atoms with E-state index in [0.29, 0.717) is 5.69 Å². The normalized spacial score (nSPS) is 11.1. The van der Waals surface area contributed by atoms with Crippen LogP contribution in [0.15, 0.2) is 41.3 Å². The molecule has 1 aromatic heterocycles. The van der Waals surface area contributed by atoms with E-state index in [1.807, 2.05) is 0 Å². The molecule has 2 aromatic rings. The van der Waals surface area contributed by atoms with Crippen molar-refractivity contribution in [3.8, 4) is 0 Å². The summed E-state index contributed by atoms with van der Waals surface area (Å²) in [5.41, 5.74) is 5.22.